The molecule has 3 rings (SSSR count). The van der Waals surface area contributed by atoms with Crippen LogP contribution in [0.4, 0.5) is 4.39 Å². The lowest BCUT2D eigenvalue weighted by atomic mass is 10.1. The molecule has 0 spiro atoms. The summed E-state index contributed by atoms with van der Waals surface area (Å²) in [5.74, 6) is -0.255. The average molecular weight is 405 g/mol. The van der Waals surface area contributed by atoms with E-state index in [2.05, 4.69) is 5.32 Å². The zero-order valence-corrected chi connectivity index (χ0v) is 16.7. The van der Waals surface area contributed by atoms with E-state index in [0.717, 1.165) is 23.3 Å². The fraction of sp³-hybridized carbons (Fsp3) is 0.429. The van der Waals surface area contributed by atoms with Gasteiger partial charge in [0.05, 0.1) is 25.7 Å². The van der Waals surface area contributed by atoms with Crippen molar-refractivity contribution in [3.05, 3.63) is 58.0 Å². The van der Waals surface area contributed by atoms with Gasteiger partial charge in [-0.1, -0.05) is 18.2 Å². The highest BCUT2D eigenvalue weighted by atomic mass is 32.1. The fourth-order valence-electron chi connectivity index (χ4n) is 3.08. The second kappa shape index (κ2) is 9.80. The van der Waals surface area contributed by atoms with Crippen LogP contribution in [0, 0.1) is 11.7 Å². The molecule has 7 heteroatoms. The smallest absolute Gasteiger partial charge is 0.320 e. The summed E-state index contributed by atoms with van der Waals surface area (Å²) in [6.07, 6.45) is 2.27. The van der Waals surface area contributed by atoms with Crippen LogP contribution in [-0.4, -0.2) is 43.0 Å². The first kappa shape index (κ1) is 20.5. The summed E-state index contributed by atoms with van der Waals surface area (Å²) in [5, 5.41) is 4.98. The molecule has 0 radical (unpaired) electrons. The van der Waals surface area contributed by atoms with E-state index in [0.29, 0.717) is 19.1 Å². The first-order chi connectivity index (χ1) is 13.5. The third-order valence-electron chi connectivity index (χ3n) is 4.57. The molecule has 1 unspecified atom stereocenters. The number of carbonyl (C=O) groups is 2. The number of ether oxygens (including phenoxy) is 1. The predicted octanol–water partition coefficient (Wildman–Crippen LogP) is 3.37. The topological polar surface area (TPSA) is 58.6 Å². The Morgan fingerprint density at radius 1 is 1.25 bits per heavy atom. The maximum absolute atomic E-state index is 13.3. The van der Waals surface area contributed by atoms with Gasteiger partial charge in [0.2, 0.25) is 5.91 Å². The minimum atomic E-state index is -0.349. The third kappa shape index (κ3) is 6.14. The Labute approximate surface area is 168 Å². The van der Waals surface area contributed by atoms with Gasteiger partial charge in [-0.2, -0.15) is 0 Å². The lowest BCUT2D eigenvalue weighted by molar-refractivity contribution is -0.144. The van der Waals surface area contributed by atoms with Gasteiger partial charge in [-0.25, -0.2) is 4.39 Å². The number of benzene rings is 1. The van der Waals surface area contributed by atoms with Gasteiger partial charge in [0.15, 0.2) is 0 Å². The SMILES string of the molecule is CCOC(=O)CN(CC(=O)NC(c1ccc(F)cc1)c1cccs1)CC1CC1. The van der Waals surface area contributed by atoms with Gasteiger partial charge in [0.1, 0.15) is 5.82 Å². The summed E-state index contributed by atoms with van der Waals surface area (Å²) in [5.41, 5.74) is 0.816. The number of esters is 1. The summed E-state index contributed by atoms with van der Waals surface area (Å²) in [6.45, 7) is 3.04. The maximum atomic E-state index is 13.3. The van der Waals surface area contributed by atoms with Crippen molar-refractivity contribution in [1.29, 1.82) is 0 Å². The van der Waals surface area contributed by atoms with Gasteiger partial charge in [-0.3, -0.25) is 14.5 Å². The number of halogens is 1. The Hall–Kier alpha value is -2.25. The Bertz CT molecular complexity index is 775. The van der Waals surface area contributed by atoms with Gasteiger partial charge < -0.3 is 10.1 Å². The van der Waals surface area contributed by atoms with E-state index in [9.17, 15) is 14.0 Å². The monoisotopic (exact) mass is 404 g/mol. The summed E-state index contributed by atoms with van der Waals surface area (Å²) < 4.78 is 18.3. The van der Waals surface area contributed by atoms with Gasteiger partial charge >= 0.3 is 5.97 Å². The molecule has 1 aromatic carbocycles. The molecule has 1 aromatic heterocycles. The van der Waals surface area contributed by atoms with E-state index in [4.69, 9.17) is 4.74 Å². The molecular weight excluding hydrogens is 379 g/mol. The lowest BCUT2D eigenvalue weighted by Gasteiger charge is -2.23. The molecule has 1 saturated carbocycles. The summed E-state index contributed by atoms with van der Waals surface area (Å²) in [4.78, 5) is 27.5. The number of nitrogens with zero attached hydrogens (tertiary/aromatic N) is 1. The van der Waals surface area contributed by atoms with Crippen LogP contribution in [0.3, 0.4) is 0 Å². The van der Waals surface area contributed by atoms with Crippen molar-refractivity contribution < 1.29 is 18.7 Å². The van der Waals surface area contributed by atoms with E-state index < -0.39 is 0 Å². The summed E-state index contributed by atoms with van der Waals surface area (Å²) >= 11 is 1.53. The van der Waals surface area contributed by atoms with E-state index in [-0.39, 0.29) is 36.8 Å². The van der Waals surface area contributed by atoms with E-state index >= 15 is 0 Å². The molecule has 150 valence electrons. The largest absolute Gasteiger partial charge is 0.465 e. The van der Waals surface area contributed by atoms with Crippen LogP contribution >= 0.6 is 11.3 Å². The van der Waals surface area contributed by atoms with Crippen molar-refractivity contribution in [2.24, 2.45) is 5.92 Å². The third-order valence-corrected chi connectivity index (χ3v) is 5.51. The Kier molecular flexibility index (Phi) is 7.17. The second-order valence-electron chi connectivity index (χ2n) is 6.99. The molecular formula is C21H25FN2O3S. The predicted molar refractivity (Wildman–Crippen MR) is 107 cm³/mol. The molecule has 1 atom stereocenters. The summed E-state index contributed by atoms with van der Waals surface area (Å²) in [7, 11) is 0. The molecule has 1 N–H and O–H groups in total. The van der Waals surface area contributed by atoms with Crippen molar-refractivity contribution in [3.63, 3.8) is 0 Å². The lowest BCUT2D eigenvalue weighted by Crippen LogP contribution is -2.42. The zero-order chi connectivity index (χ0) is 19.9. The molecule has 2 aromatic rings. The van der Waals surface area contributed by atoms with Crippen LogP contribution < -0.4 is 5.32 Å². The number of hydrogen-bond acceptors (Lipinski definition) is 5. The van der Waals surface area contributed by atoms with Crippen LogP contribution in [-0.2, 0) is 14.3 Å². The first-order valence-corrected chi connectivity index (χ1v) is 10.4. The average Bonchev–Trinajstić information content (AvgIpc) is 3.30. The molecule has 28 heavy (non-hydrogen) atoms. The molecule has 0 bridgehead atoms. The number of hydrogen-bond donors (Lipinski definition) is 1. The summed E-state index contributed by atoms with van der Waals surface area (Å²) in [6, 6.07) is 9.66. The van der Waals surface area contributed by atoms with E-state index in [1.165, 1.54) is 23.5 Å². The van der Waals surface area contributed by atoms with Gasteiger partial charge in [-0.15, -0.1) is 11.3 Å². The van der Waals surface area contributed by atoms with Crippen molar-refractivity contribution >= 4 is 23.2 Å². The van der Waals surface area contributed by atoms with Crippen LogP contribution in [0.15, 0.2) is 41.8 Å². The van der Waals surface area contributed by atoms with Gasteiger partial charge in [-0.05, 0) is 54.8 Å². The fourth-order valence-corrected chi connectivity index (χ4v) is 3.88. The minimum Gasteiger partial charge on any atom is -0.465 e. The first-order valence-electron chi connectivity index (χ1n) is 9.51. The van der Waals surface area contributed by atoms with Crippen molar-refractivity contribution in [3.8, 4) is 0 Å². The maximum Gasteiger partial charge on any atom is 0.320 e. The molecule has 1 heterocycles. The number of carbonyl (C=O) groups excluding carboxylic acids is 2. The molecule has 1 fully saturated rings. The standard InChI is InChI=1S/C21H25FN2O3S/c1-2-27-20(26)14-24(12-15-5-6-15)13-19(25)23-21(18-4-3-11-28-18)16-7-9-17(22)10-8-16/h3-4,7-11,15,21H,2,5-6,12-14H2,1H3,(H,23,25). The Morgan fingerprint density at radius 3 is 2.61 bits per heavy atom. The normalized spacial score (nSPS) is 14.7. The molecule has 0 aliphatic heterocycles. The second-order valence-corrected chi connectivity index (χ2v) is 7.96. The van der Waals surface area contributed by atoms with Gasteiger partial charge in [0.25, 0.3) is 0 Å². The molecule has 1 amide bonds. The quantitative estimate of drug-likeness (QED) is 0.617. The van der Waals surface area contributed by atoms with E-state index in [1.54, 1.807) is 19.1 Å². The van der Waals surface area contributed by atoms with Crippen molar-refractivity contribution in [2.45, 2.75) is 25.8 Å². The number of rotatable bonds is 10. The molecule has 0 saturated heterocycles. The van der Waals surface area contributed by atoms with Crippen LogP contribution in [0.1, 0.15) is 36.2 Å². The highest BCUT2D eigenvalue weighted by Crippen LogP contribution is 2.30. The number of amides is 1. The van der Waals surface area contributed by atoms with Crippen LogP contribution in [0.25, 0.3) is 0 Å². The van der Waals surface area contributed by atoms with Crippen LogP contribution in [0.5, 0.6) is 0 Å². The molecule has 1 aliphatic carbocycles. The highest BCUT2D eigenvalue weighted by molar-refractivity contribution is 7.10. The van der Waals surface area contributed by atoms with Gasteiger partial charge in [0, 0.05) is 11.4 Å². The number of nitrogens with one attached hydrogen (secondary N) is 1. The molecule has 5 nitrogen and oxygen atoms in total. The number of thiophene rings is 1. The van der Waals surface area contributed by atoms with Crippen molar-refractivity contribution in [2.75, 3.05) is 26.2 Å². The van der Waals surface area contributed by atoms with Crippen LogP contribution in [0.2, 0.25) is 0 Å². The Balaban J connectivity index is 1.67. The van der Waals surface area contributed by atoms with Crippen molar-refractivity contribution in [1.82, 2.24) is 10.2 Å². The highest BCUT2D eigenvalue weighted by Gasteiger charge is 2.27. The molecule has 1 aliphatic rings. The Morgan fingerprint density at radius 2 is 2.00 bits per heavy atom. The van der Waals surface area contributed by atoms with E-state index in [1.807, 2.05) is 22.4 Å². The minimum absolute atomic E-state index is 0.109. The zero-order valence-electron chi connectivity index (χ0n) is 15.9.